The molecule has 172 valence electrons. The number of carboxylic acid groups (broad SMARTS) is 1. The van der Waals surface area contributed by atoms with E-state index in [0.717, 1.165) is 5.56 Å². The van der Waals surface area contributed by atoms with Gasteiger partial charge in [0.05, 0.1) is 28.2 Å². The number of aromatic nitrogens is 2. The third-order valence-corrected chi connectivity index (χ3v) is 5.37. The molecule has 4 aromatic rings. The van der Waals surface area contributed by atoms with Gasteiger partial charge in [-0.25, -0.2) is 9.78 Å². The molecule has 0 aliphatic heterocycles. The van der Waals surface area contributed by atoms with Gasteiger partial charge >= 0.3 is 5.97 Å². The van der Waals surface area contributed by atoms with Gasteiger partial charge in [-0.3, -0.25) is 4.79 Å². The summed E-state index contributed by atoms with van der Waals surface area (Å²) in [5, 5.41) is 13.8. The fraction of sp³-hybridized carbons (Fsp3) is 0.120. The second-order valence-corrected chi connectivity index (χ2v) is 7.98. The minimum Gasteiger partial charge on any atom is -0.490 e. The Labute approximate surface area is 203 Å². The number of nitrogens with zero attached hydrogens (tertiary/aromatic N) is 3. The van der Waals surface area contributed by atoms with Gasteiger partial charge in [0.1, 0.15) is 0 Å². The molecule has 0 unspecified atom stereocenters. The highest BCUT2D eigenvalue weighted by atomic mass is 79.9. The van der Waals surface area contributed by atoms with Crippen LogP contribution >= 0.6 is 15.9 Å². The van der Waals surface area contributed by atoms with Crippen molar-refractivity contribution in [1.82, 2.24) is 9.66 Å². The molecule has 0 spiro atoms. The summed E-state index contributed by atoms with van der Waals surface area (Å²) >= 11 is 3.40. The Morgan fingerprint density at radius 3 is 2.59 bits per heavy atom. The Kier molecular flexibility index (Phi) is 7.03. The average Bonchev–Trinajstić information content (AvgIpc) is 2.83. The van der Waals surface area contributed by atoms with Gasteiger partial charge < -0.3 is 14.6 Å². The van der Waals surface area contributed by atoms with Crippen LogP contribution in [0, 0.1) is 0 Å². The Balaban J connectivity index is 1.81. The second-order valence-electron chi connectivity index (χ2n) is 7.13. The van der Waals surface area contributed by atoms with Crippen molar-refractivity contribution in [2.24, 2.45) is 5.10 Å². The monoisotopic (exact) mass is 521 g/mol. The zero-order valence-corrected chi connectivity index (χ0v) is 19.7. The van der Waals surface area contributed by atoms with Crippen molar-refractivity contribution < 1.29 is 19.4 Å². The lowest BCUT2D eigenvalue weighted by molar-refractivity contribution is -0.139. The van der Waals surface area contributed by atoms with E-state index in [1.807, 2.05) is 43.3 Å². The van der Waals surface area contributed by atoms with Crippen LogP contribution in [0.1, 0.15) is 12.5 Å². The minimum absolute atomic E-state index is 0.274. The molecule has 0 saturated heterocycles. The van der Waals surface area contributed by atoms with E-state index in [2.05, 4.69) is 26.0 Å². The van der Waals surface area contributed by atoms with E-state index in [9.17, 15) is 9.59 Å². The summed E-state index contributed by atoms with van der Waals surface area (Å²) in [5.74, 6) is -0.0644. The molecule has 8 nitrogen and oxygen atoms in total. The van der Waals surface area contributed by atoms with Crippen LogP contribution in [0.15, 0.2) is 81.1 Å². The number of para-hydroxylation sites is 1. The molecule has 1 N–H and O–H groups in total. The van der Waals surface area contributed by atoms with Crippen LogP contribution in [-0.2, 0) is 4.79 Å². The fourth-order valence-electron chi connectivity index (χ4n) is 3.33. The summed E-state index contributed by atoms with van der Waals surface area (Å²) in [6, 6.07) is 19.8. The molecular weight excluding hydrogens is 502 g/mol. The van der Waals surface area contributed by atoms with Gasteiger partial charge in [0.25, 0.3) is 5.56 Å². The van der Waals surface area contributed by atoms with Gasteiger partial charge in [-0.05, 0) is 52.7 Å². The molecule has 1 heterocycles. The number of hydrogen-bond donors (Lipinski definition) is 1. The summed E-state index contributed by atoms with van der Waals surface area (Å²) in [6.45, 7) is 1.65. The number of fused-ring (bicyclic) bond motifs is 1. The molecular formula is C25H20BrN3O5. The maximum absolute atomic E-state index is 13.3. The van der Waals surface area contributed by atoms with E-state index in [1.165, 1.54) is 10.9 Å². The van der Waals surface area contributed by atoms with E-state index in [0.29, 0.717) is 39.1 Å². The first-order chi connectivity index (χ1) is 16.5. The molecule has 0 bridgehead atoms. The van der Waals surface area contributed by atoms with E-state index in [1.54, 1.807) is 30.3 Å². The van der Waals surface area contributed by atoms with Crippen molar-refractivity contribution in [2.75, 3.05) is 13.2 Å². The molecule has 4 rings (SSSR count). The van der Waals surface area contributed by atoms with E-state index >= 15 is 0 Å². The van der Waals surface area contributed by atoms with Crippen LogP contribution in [0.5, 0.6) is 11.5 Å². The van der Waals surface area contributed by atoms with Gasteiger partial charge in [-0.15, -0.1) is 0 Å². The number of rotatable bonds is 8. The molecule has 0 amide bonds. The lowest BCUT2D eigenvalue weighted by Gasteiger charge is -2.13. The van der Waals surface area contributed by atoms with Gasteiger partial charge in [0.15, 0.2) is 23.9 Å². The summed E-state index contributed by atoms with van der Waals surface area (Å²) < 4.78 is 12.7. The first-order valence-corrected chi connectivity index (χ1v) is 11.2. The van der Waals surface area contributed by atoms with Crippen molar-refractivity contribution in [2.45, 2.75) is 6.92 Å². The number of carbonyl (C=O) groups is 1. The molecule has 1 aromatic heterocycles. The molecule has 0 saturated carbocycles. The maximum Gasteiger partial charge on any atom is 0.341 e. The lowest BCUT2D eigenvalue weighted by atomic mass is 10.2. The van der Waals surface area contributed by atoms with Crippen molar-refractivity contribution in [3.05, 3.63) is 87.1 Å². The Morgan fingerprint density at radius 1 is 1.12 bits per heavy atom. The first-order valence-electron chi connectivity index (χ1n) is 10.4. The smallest absolute Gasteiger partial charge is 0.341 e. The fourth-order valence-corrected chi connectivity index (χ4v) is 3.90. The predicted octanol–water partition coefficient (Wildman–Crippen LogP) is 4.57. The Morgan fingerprint density at radius 2 is 1.85 bits per heavy atom. The normalized spacial score (nSPS) is 11.1. The summed E-state index contributed by atoms with van der Waals surface area (Å²) in [6.07, 6.45) is 1.51. The standard InChI is InChI=1S/C25H20BrN3O5/c1-2-33-21-13-16(12-19(26)23(21)34-15-22(30)31)14-27-29-24(17-8-4-3-5-9-17)28-20-11-7-6-10-18(20)25(29)32/h3-14H,2,15H2,1H3,(H,30,31). The number of halogens is 1. The number of benzene rings is 3. The zero-order valence-electron chi connectivity index (χ0n) is 18.1. The molecule has 0 fully saturated rings. The third kappa shape index (κ3) is 4.99. The zero-order chi connectivity index (χ0) is 24.1. The van der Waals surface area contributed by atoms with Crippen molar-refractivity contribution >= 4 is 39.0 Å². The van der Waals surface area contributed by atoms with Crippen LogP contribution in [0.3, 0.4) is 0 Å². The minimum atomic E-state index is -1.10. The van der Waals surface area contributed by atoms with Gasteiger partial charge in [0, 0.05) is 5.56 Å². The van der Waals surface area contributed by atoms with Gasteiger partial charge in [-0.1, -0.05) is 42.5 Å². The van der Waals surface area contributed by atoms with Crippen LogP contribution < -0.4 is 15.0 Å². The van der Waals surface area contributed by atoms with E-state index in [-0.39, 0.29) is 11.3 Å². The van der Waals surface area contributed by atoms with Crippen LogP contribution in [-0.4, -0.2) is 40.2 Å². The molecule has 34 heavy (non-hydrogen) atoms. The maximum atomic E-state index is 13.3. The van der Waals surface area contributed by atoms with Crippen LogP contribution in [0.4, 0.5) is 0 Å². The van der Waals surface area contributed by atoms with Crippen molar-refractivity contribution in [3.8, 4) is 22.9 Å². The second kappa shape index (κ2) is 10.3. The van der Waals surface area contributed by atoms with Crippen LogP contribution in [0.25, 0.3) is 22.3 Å². The van der Waals surface area contributed by atoms with Gasteiger partial charge in [0.2, 0.25) is 0 Å². The Hall–Kier alpha value is -3.98. The summed E-state index contributed by atoms with van der Waals surface area (Å²) in [7, 11) is 0. The quantitative estimate of drug-likeness (QED) is 0.340. The SMILES string of the molecule is CCOc1cc(C=Nn2c(-c3ccccc3)nc3ccccc3c2=O)cc(Br)c1OCC(=O)O. The molecule has 0 aliphatic carbocycles. The molecule has 9 heteroatoms. The highest BCUT2D eigenvalue weighted by molar-refractivity contribution is 9.10. The number of hydrogen-bond acceptors (Lipinski definition) is 6. The topological polar surface area (TPSA) is 103 Å². The largest absolute Gasteiger partial charge is 0.490 e. The highest BCUT2D eigenvalue weighted by Crippen LogP contribution is 2.36. The molecule has 3 aromatic carbocycles. The highest BCUT2D eigenvalue weighted by Gasteiger charge is 2.15. The number of aliphatic carboxylic acids is 1. The predicted molar refractivity (Wildman–Crippen MR) is 133 cm³/mol. The first kappa shape index (κ1) is 23.2. The van der Waals surface area contributed by atoms with Crippen molar-refractivity contribution in [1.29, 1.82) is 0 Å². The Bertz CT molecular complexity index is 1430. The molecule has 0 aliphatic rings. The number of carboxylic acids is 1. The third-order valence-electron chi connectivity index (χ3n) is 4.78. The van der Waals surface area contributed by atoms with Crippen LogP contribution in [0.2, 0.25) is 0 Å². The molecule has 0 radical (unpaired) electrons. The lowest BCUT2D eigenvalue weighted by Crippen LogP contribution is -2.20. The van der Waals surface area contributed by atoms with E-state index < -0.39 is 12.6 Å². The van der Waals surface area contributed by atoms with Crippen molar-refractivity contribution in [3.63, 3.8) is 0 Å². The van der Waals surface area contributed by atoms with Gasteiger partial charge in [-0.2, -0.15) is 9.78 Å². The summed E-state index contributed by atoms with van der Waals surface area (Å²) in [4.78, 5) is 28.9. The number of ether oxygens (including phenoxy) is 2. The average molecular weight is 522 g/mol. The molecule has 0 atom stereocenters. The van der Waals surface area contributed by atoms with E-state index in [4.69, 9.17) is 14.6 Å². The summed E-state index contributed by atoms with van der Waals surface area (Å²) in [5.41, 5.74) is 1.64.